The number of rotatable bonds is 6. The first-order chi connectivity index (χ1) is 14.0. The van der Waals surface area contributed by atoms with E-state index in [1.807, 2.05) is 0 Å². The molecule has 0 heterocycles. The first kappa shape index (κ1) is 22.9. The first-order valence-electron chi connectivity index (χ1n) is 11.0. The smallest absolute Gasteiger partial charge is 0.261 e. The largest absolute Gasteiger partial charge is 0.404 e. The zero-order valence-electron chi connectivity index (χ0n) is 19.3. The van der Waals surface area contributed by atoms with E-state index < -0.39 is 8.32 Å². The van der Waals surface area contributed by atoms with Crippen LogP contribution in [0, 0.1) is 5.92 Å². The van der Waals surface area contributed by atoms with Crippen LogP contribution in [0.4, 0.5) is 0 Å². The van der Waals surface area contributed by atoms with Crippen LogP contribution in [0.5, 0.6) is 0 Å². The Morgan fingerprint density at radius 3 is 1.77 bits per heavy atom. The van der Waals surface area contributed by atoms with Crippen molar-refractivity contribution in [1.29, 1.82) is 0 Å². The third kappa shape index (κ3) is 4.93. The highest BCUT2D eigenvalue weighted by Crippen LogP contribution is 2.40. The summed E-state index contributed by atoms with van der Waals surface area (Å²) in [6.45, 7) is 13.5. The second kappa shape index (κ2) is 8.78. The minimum Gasteiger partial charge on any atom is -0.404 e. The summed E-state index contributed by atoms with van der Waals surface area (Å²) in [5.74, 6) is 0.374. The van der Waals surface area contributed by atoms with Crippen LogP contribution in [0.25, 0.3) is 0 Å². The summed E-state index contributed by atoms with van der Waals surface area (Å²) in [7, 11) is -2.67. The van der Waals surface area contributed by atoms with Gasteiger partial charge in [0.1, 0.15) is 5.78 Å². The fourth-order valence-electron chi connectivity index (χ4n) is 4.48. The molecule has 1 aliphatic carbocycles. The number of Topliss-reactive ketones (excluding diaryl/α,β-unsaturated/α-hetero) is 1. The molecule has 30 heavy (non-hydrogen) atoms. The fraction of sp³-hybridized carbons (Fsp3) is 0.500. The van der Waals surface area contributed by atoms with Crippen molar-refractivity contribution < 1.29 is 14.0 Å². The van der Waals surface area contributed by atoms with Gasteiger partial charge in [-0.05, 0) is 36.2 Å². The summed E-state index contributed by atoms with van der Waals surface area (Å²) in [5, 5.41) is 2.40. The van der Waals surface area contributed by atoms with Gasteiger partial charge in [-0.25, -0.2) is 0 Å². The second-order valence-corrected chi connectivity index (χ2v) is 14.7. The summed E-state index contributed by atoms with van der Waals surface area (Å²) < 4.78 is 13.3. The Morgan fingerprint density at radius 1 is 0.833 bits per heavy atom. The van der Waals surface area contributed by atoms with E-state index in [4.69, 9.17) is 9.16 Å². The summed E-state index contributed by atoms with van der Waals surface area (Å²) in [6.07, 6.45) is 0.896. The average Bonchev–Trinajstić information content (AvgIpc) is 3.03. The van der Waals surface area contributed by atoms with Crippen molar-refractivity contribution >= 4 is 24.5 Å². The topological polar surface area (TPSA) is 35.5 Å². The van der Waals surface area contributed by atoms with Crippen LogP contribution in [-0.2, 0) is 14.0 Å². The number of carbonyl (C=O) groups excluding carboxylic acids is 1. The van der Waals surface area contributed by atoms with E-state index in [1.165, 1.54) is 10.4 Å². The maximum Gasteiger partial charge on any atom is 0.261 e. The quantitative estimate of drug-likeness (QED) is 0.629. The van der Waals surface area contributed by atoms with Crippen LogP contribution < -0.4 is 10.4 Å². The minimum absolute atomic E-state index is 0.0957. The van der Waals surface area contributed by atoms with Crippen LogP contribution in [-0.4, -0.2) is 32.4 Å². The van der Waals surface area contributed by atoms with Crippen molar-refractivity contribution in [3.05, 3.63) is 60.7 Å². The Hall–Kier alpha value is -1.75. The van der Waals surface area contributed by atoms with E-state index in [2.05, 4.69) is 102 Å². The van der Waals surface area contributed by atoms with Crippen LogP contribution in [0.2, 0.25) is 5.04 Å². The fourth-order valence-corrected chi connectivity index (χ4v) is 9.22. The zero-order chi connectivity index (χ0) is 22.0. The Morgan fingerprint density at radius 2 is 1.33 bits per heavy atom. The molecular weight excluding hydrogens is 388 g/mol. The van der Waals surface area contributed by atoms with E-state index in [0.29, 0.717) is 19.4 Å². The Balaban J connectivity index is 2.05. The number of ketones is 1. The molecule has 0 N–H and O–H groups in total. The summed E-state index contributed by atoms with van der Waals surface area (Å²) >= 11 is 0. The van der Waals surface area contributed by atoms with Gasteiger partial charge in [-0.1, -0.05) is 81.4 Å². The average molecular weight is 425 g/mol. The third-order valence-corrected chi connectivity index (χ3v) is 11.0. The van der Waals surface area contributed by atoms with Gasteiger partial charge >= 0.3 is 0 Å². The Bertz CT molecular complexity index is 795. The molecule has 162 valence electrons. The molecule has 0 aromatic heterocycles. The highest BCUT2D eigenvalue weighted by Gasteiger charge is 2.53. The Kier molecular flexibility index (Phi) is 6.71. The predicted octanol–water partition coefficient (Wildman–Crippen LogP) is 4.73. The van der Waals surface area contributed by atoms with Gasteiger partial charge in [-0.2, -0.15) is 0 Å². The Labute approximate surface area is 182 Å². The maximum absolute atomic E-state index is 12.5. The van der Waals surface area contributed by atoms with Crippen LogP contribution in [0.3, 0.4) is 0 Å². The maximum atomic E-state index is 12.5. The van der Waals surface area contributed by atoms with E-state index in [-0.39, 0.29) is 28.4 Å². The highest BCUT2D eigenvalue weighted by atomic mass is 28.4. The molecule has 0 aliphatic heterocycles. The normalized spacial score (nSPS) is 20.5. The van der Waals surface area contributed by atoms with Crippen LogP contribution in [0.15, 0.2) is 60.7 Å². The predicted molar refractivity (Wildman–Crippen MR) is 126 cm³/mol. The molecule has 1 aliphatic rings. The monoisotopic (exact) mass is 424 g/mol. The van der Waals surface area contributed by atoms with E-state index in [9.17, 15) is 4.79 Å². The second-order valence-electron chi connectivity index (χ2n) is 10.4. The SMILES string of the molecule is CC(C)(C)OC[C@H]1CC(=O)C[C@@H]1O[Si](c1ccccc1)(c1ccccc1)C(C)(C)C. The number of carbonyl (C=O) groups is 1. The zero-order valence-corrected chi connectivity index (χ0v) is 20.3. The molecule has 0 amide bonds. The van der Waals surface area contributed by atoms with Crippen molar-refractivity contribution in [2.45, 2.75) is 71.1 Å². The van der Waals surface area contributed by atoms with Gasteiger partial charge in [0.2, 0.25) is 0 Å². The molecule has 3 nitrogen and oxygen atoms in total. The first-order valence-corrected chi connectivity index (χ1v) is 12.9. The van der Waals surface area contributed by atoms with Gasteiger partial charge in [-0.3, -0.25) is 4.79 Å². The number of hydrogen-bond donors (Lipinski definition) is 0. The van der Waals surface area contributed by atoms with Gasteiger partial charge in [0.15, 0.2) is 0 Å². The van der Waals surface area contributed by atoms with Gasteiger partial charge in [0.05, 0.1) is 18.3 Å². The van der Waals surface area contributed by atoms with Gasteiger partial charge in [0, 0.05) is 18.8 Å². The van der Waals surface area contributed by atoms with Crippen molar-refractivity contribution in [1.82, 2.24) is 0 Å². The molecule has 0 bridgehead atoms. The molecule has 0 radical (unpaired) electrons. The molecular formula is C26H36O3Si. The third-order valence-electron chi connectivity index (χ3n) is 5.92. The molecule has 0 unspecified atom stereocenters. The van der Waals surface area contributed by atoms with Crippen molar-refractivity contribution in [3.8, 4) is 0 Å². The van der Waals surface area contributed by atoms with Gasteiger partial charge in [-0.15, -0.1) is 0 Å². The molecule has 2 aromatic carbocycles. The standard InChI is InChI=1S/C26H36O3Si/c1-25(2,3)28-19-20-17-21(27)18-24(20)29-30(26(4,5)6,22-13-9-7-10-14-22)23-15-11-8-12-16-23/h7-16,20,24H,17-19H2,1-6H3/t20-,24+/m1/s1. The lowest BCUT2D eigenvalue weighted by Gasteiger charge is -2.45. The summed E-state index contributed by atoms with van der Waals surface area (Å²) in [5.41, 5.74) is -0.229. The molecule has 1 saturated carbocycles. The lowest BCUT2D eigenvalue weighted by Crippen LogP contribution is -2.68. The number of ether oxygens (including phenoxy) is 1. The summed E-state index contributed by atoms with van der Waals surface area (Å²) in [6, 6.07) is 21.3. The lowest BCUT2D eigenvalue weighted by molar-refractivity contribution is -0.118. The molecule has 1 fully saturated rings. The van der Waals surface area contributed by atoms with Gasteiger partial charge < -0.3 is 9.16 Å². The molecule has 4 heteroatoms. The molecule has 3 rings (SSSR count). The van der Waals surface area contributed by atoms with Crippen LogP contribution in [0.1, 0.15) is 54.4 Å². The van der Waals surface area contributed by atoms with Crippen LogP contribution >= 0.6 is 0 Å². The summed E-state index contributed by atoms with van der Waals surface area (Å²) in [4.78, 5) is 12.5. The number of hydrogen-bond acceptors (Lipinski definition) is 3. The van der Waals surface area contributed by atoms with Crippen molar-refractivity contribution in [3.63, 3.8) is 0 Å². The number of benzene rings is 2. The molecule has 2 atom stereocenters. The van der Waals surface area contributed by atoms with Gasteiger partial charge in [0.25, 0.3) is 8.32 Å². The minimum atomic E-state index is -2.67. The molecule has 2 aromatic rings. The van der Waals surface area contributed by atoms with E-state index in [1.54, 1.807) is 0 Å². The molecule has 0 spiro atoms. The van der Waals surface area contributed by atoms with E-state index >= 15 is 0 Å². The van der Waals surface area contributed by atoms with E-state index in [0.717, 1.165) is 0 Å². The lowest BCUT2D eigenvalue weighted by atomic mass is 10.1. The molecule has 0 saturated heterocycles. The van der Waals surface area contributed by atoms with Crippen molar-refractivity contribution in [2.75, 3.05) is 6.61 Å². The highest BCUT2D eigenvalue weighted by molar-refractivity contribution is 6.99. The van der Waals surface area contributed by atoms with Crippen molar-refractivity contribution in [2.24, 2.45) is 5.92 Å².